The lowest BCUT2D eigenvalue weighted by Crippen LogP contribution is -2.34. The van der Waals surface area contributed by atoms with Crippen LogP contribution in [0.3, 0.4) is 0 Å². The lowest BCUT2D eigenvalue weighted by Gasteiger charge is -2.32. The molecule has 0 aliphatic carbocycles. The standard InChI is InChI=1S/C21H21FN6O.2C2HF3O2/c1-14-2-4-17(29-14)12-27-8-6-16(7-9-27)28-13-25-20-21(28)26-18(11-24-20)15-3-5-19(22)23-10-15;2*3-2(4,5)1(6)7/h2-5,10-11,13,16H,6-9,12H2,1H3;2*(H,6,7). The number of likely N-dealkylation sites (tertiary alicyclic amines) is 1. The molecule has 4 aromatic heterocycles. The van der Waals surface area contributed by atoms with Crippen molar-refractivity contribution in [3.05, 3.63) is 60.5 Å². The van der Waals surface area contributed by atoms with Gasteiger partial charge in [-0.2, -0.15) is 30.7 Å². The zero-order valence-electron chi connectivity index (χ0n) is 22.1. The number of aromatic nitrogens is 5. The van der Waals surface area contributed by atoms with Crippen LogP contribution in [0.2, 0.25) is 0 Å². The molecular formula is C25H23F7N6O5. The third-order valence-electron chi connectivity index (χ3n) is 5.92. The quantitative estimate of drug-likeness (QED) is 0.235. The number of halogens is 7. The van der Waals surface area contributed by atoms with Crippen molar-refractivity contribution in [2.75, 3.05) is 13.1 Å². The summed E-state index contributed by atoms with van der Waals surface area (Å²) < 4.78 is 84.4. The molecule has 0 saturated carbocycles. The van der Waals surface area contributed by atoms with Crippen LogP contribution in [0.4, 0.5) is 30.7 Å². The van der Waals surface area contributed by atoms with Gasteiger partial charge in [0, 0.05) is 30.9 Å². The lowest BCUT2D eigenvalue weighted by atomic mass is 10.0. The minimum Gasteiger partial charge on any atom is -0.475 e. The summed E-state index contributed by atoms with van der Waals surface area (Å²) in [5, 5.41) is 14.2. The number of carboxylic acids is 2. The summed E-state index contributed by atoms with van der Waals surface area (Å²) in [5.74, 6) is -4.06. The highest BCUT2D eigenvalue weighted by Gasteiger charge is 2.38. The van der Waals surface area contributed by atoms with Gasteiger partial charge in [-0.1, -0.05) is 0 Å². The Labute approximate surface area is 237 Å². The number of alkyl halides is 6. The fourth-order valence-electron chi connectivity index (χ4n) is 3.89. The van der Waals surface area contributed by atoms with E-state index < -0.39 is 30.2 Å². The van der Waals surface area contributed by atoms with E-state index >= 15 is 0 Å². The minimum absolute atomic E-state index is 0.325. The largest absolute Gasteiger partial charge is 0.490 e. The van der Waals surface area contributed by atoms with Crippen molar-refractivity contribution in [2.24, 2.45) is 0 Å². The van der Waals surface area contributed by atoms with Crippen LogP contribution in [-0.4, -0.2) is 77.0 Å². The number of piperidine rings is 1. The van der Waals surface area contributed by atoms with Crippen LogP contribution in [0, 0.1) is 12.9 Å². The highest BCUT2D eigenvalue weighted by atomic mass is 19.4. The molecule has 18 heteroatoms. The van der Waals surface area contributed by atoms with Crippen molar-refractivity contribution >= 4 is 23.2 Å². The Balaban J connectivity index is 0.000000303. The Morgan fingerprint density at radius 1 is 0.930 bits per heavy atom. The number of imidazole rings is 1. The summed E-state index contributed by atoms with van der Waals surface area (Å²) in [6, 6.07) is 7.37. The van der Waals surface area contributed by atoms with E-state index in [0.29, 0.717) is 17.4 Å². The van der Waals surface area contributed by atoms with Crippen molar-refractivity contribution in [2.45, 2.75) is 44.7 Å². The van der Waals surface area contributed by atoms with E-state index in [1.165, 1.54) is 12.3 Å². The normalized spacial score (nSPS) is 14.4. The number of fused-ring (bicyclic) bond motifs is 1. The molecule has 2 N–H and O–H groups in total. The highest BCUT2D eigenvalue weighted by molar-refractivity contribution is 5.73. The molecule has 1 saturated heterocycles. The highest BCUT2D eigenvalue weighted by Crippen LogP contribution is 2.27. The number of aliphatic carboxylic acids is 2. The number of rotatable bonds is 4. The maximum Gasteiger partial charge on any atom is 0.490 e. The molecule has 1 fully saturated rings. The molecule has 4 aromatic rings. The first kappa shape index (κ1) is 32.9. The predicted octanol–water partition coefficient (Wildman–Crippen LogP) is 5.03. The number of carboxylic acid groups (broad SMARTS) is 2. The van der Waals surface area contributed by atoms with E-state index in [9.17, 15) is 30.7 Å². The molecule has 1 aliphatic heterocycles. The van der Waals surface area contributed by atoms with Crippen molar-refractivity contribution in [3.63, 3.8) is 0 Å². The molecule has 43 heavy (non-hydrogen) atoms. The Bertz CT molecular complexity index is 1500. The first-order valence-corrected chi connectivity index (χ1v) is 12.2. The summed E-state index contributed by atoms with van der Waals surface area (Å²) in [5.41, 5.74) is 2.78. The van der Waals surface area contributed by atoms with Gasteiger partial charge in [0.15, 0.2) is 11.3 Å². The molecule has 1 aliphatic rings. The van der Waals surface area contributed by atoms with E-state index in [1.807, 2.05) is 25.4 Å². The Morgan fingerprint density at radius 3 is 2.02 bits per heavy atom. The van der Waals surface area contributed by atoms with Crippen molar-refractivity contribution in [1.82, 2.24) is 29.4 Å². The summed E-state index contributed by atoms with van der Waals surface area (Å²) >= 11 is 0. The lowest BCUT2D eigenvalue weighted by molar-refractivity contribution is -0.193. The molecule has 0 spiro atoms. The molecule has 0 aromatic carbocycles. The van der Waals surface area contributed by atoms with Crippen LogP contribution in [0.5, 0.6) is 0 Å². The average Bonchev–Trinajstić information content (AvgIpc) is 3.54. The van der Waals surface area contributed by atoms with E-state index in [0.717, 1.165) is 55.2 Å². The summed E-state index contributed by atoms with van der Waals surface area (Å²) in [6.07, 6.45) is -3.19. The van der Waals surface area contributed by atoms with Gasteiger partial charge < -0.3 is 19.2 Å². The van der Waals surface area contributed by atoms with Crippen LogP contribution in [0.15, 0.2) is 47.4 Å². The zero-order chi connectivity index (χ0) is 31.9. The van der Waals surface area contributed by atoms with E-state index in [2.05, 4.69) is 24.4 Å². The number of aryl methyl sites for hydroxylation is 1. The molecule has 5 rings (SSSR count). The molecule has 0 bridgehead atoms. The van der Waals surface area contributed by atoms with Gasteiger partial charge in [-0.3, -0.25) is 4.90 Å². The van der Waals surface area contributed by atoms with Gasteiger partial charge in [0.2, 0.25) is 5.95 Å². The van der Waals surface area contributed by atoms with Crippen LogP contribution in [0.25, 0.3) is 22.6 Å². The van der Waals surface area contributed by atoms with Crippen LogP contribution in [0.1, 0.15) is 30.4 Å². The number of pyridine rings is 1. The number of hydrogen-bond acceptors (Lipinski definition) is 8. The molecule has 232 valence electrons. The van der Waals surface area contributed by atoms with Crippen LogP contribution in [-0.2, 0) is 16.1 Å². The monoisotopic (exact) mass is 620 g/mol. The third kappa shape index (κ3) is 9.45. The Morgan fingerprint density at radius 2 is 1.53 bits per heavy atom. The predicted molar refractivity (Wildman–Crippen MR) is 133 cm³/mol. The first-order valence-electron chi connectivity index (χ1n) is 12.2. The Hall–Kier alpha value is -4.61. The molecule has 0 atom stereocenters. The van der Waals surface area contributed by atoms with Crippen molar-refractivity contribution in [1.29, 1.82) is 0 Å². The van der Waals surface area contributed by atoms with Gasteiger partial charge in [-0.05, 0) is 44.0 Å². The molecule has 11 nitrogen and oxygen atoms in total. The number of nitrogens with zero attached hydrogens (tertiary/aromatic N) is 6. The van der Waals surface area contributed by atoms with Crippen molar-refractivity contribution < 1.29 is 55.0 Å². The van der Waals surface area contributed by atoms with Gasteiger partial charge in [0.25, 0.3) is 0 Å². The molecule has 5 heterocycles. The van der Waals surface area contributed by atoms with E-state index in [1.54, 1.807) is 12.3 Å². The molecule has 0 amide bonds. The molecular weight excluding hydrogens is 597 g/mol. The second-order valence-corrected chi connectivity index (χ2v) is 9.05. The third-order valence-corrected chi connectivity index (χ3v) is 5.92. The zero-order valence-corrected chi connectivity index (χ0v) is 22.1. The Kier molecular flexibility index (Phi) is 10.4. The SMILES string of the molecule is Cc1ccc(CN2CCC(n3cnc4ncc(-c5ccc(F)nc5)nc43)CC2)o1.O=C(O)C(F)(F)F.O=C(O)C(F)(F)F. The summed E-state index contributed by atoms with van der Waals surface area (Å²) in [6.45, 7) is 4.78. The summed E-state index contributed by atoms with van der Waals surface area (Å²) in [4.78, 5) is 37.5. The number of carbonyl (C=O) groups is 2. The smallest absolute Gasteiger partial charge is 0.475 e. The van der Waals surface area contributed by atoms with Gasteiger partial charge in [0.1, 0.15) is 11.5 Å². The van der Waals surface area contributed by atoms with Crippen molar-refractivity contribution in [3.8, 4) is 11.3 Å². The van der Waals surface area contributed by atoms with Gasteiger partial charge >= 0.3 is 24.3 Å². The van der Waals surface area contributed by atoms with E-state index in [-0.39, 0.29) is 0 Å². The van der Waals surface area contributed by atoms with Gasteiger partial charge in [0.05, 0.1) is 24.8 Å². The maximum atomic E-state index is 13.1. The topological polar surface area (TPSA) is 147 Å². The number of furan rings is 1. The second kappa shape index (κ2) is 13.6. The maximum absolute atomic E-state index is 13.1. The molecule has 0 unspecified atom stereocenters. The average molecular weight is 620 g/mol. The summed E-state index contributed by atoms with van der Waals surface area (Å²) in [7, 11) is 0. The fraction of sp³-hybridized carbons (Fsp3) is 0.360. The first-order chi connectivity index (χ1) is 20.0. The van der Waals surface area contributed by atoms with Crippen LogP contribution < -0.4 is 0 Å². The second-order valence-electron chi connectivity index (χ2n) is 9.05. The minimum atomic E-state index is -5.08. The number of hydrogen-bond donors (Lipinski definition) is 2. The van der Waals surface area contributed by atoms with Gasteiger partial charge in [-0.25, -0.2) is 29.5 Å². The fourth-order valence-corrected chi connectivity index (χ4v) is 3.89. The van der Waals surface area contributed by atoms with E-state index in [4.69, 9.17) is 29.2 Å². The van der Waals surface area contributed by atoms with Crippen LogP contribution >= 0.6 is 0 Å². The molecule has 0 radical (unpaired) electrons. The van der Waals surface area contributed by atoms with Gasteiger partial charge in [-0.15, -0.1) is 0 Å².